The lowest BCUT2D eigenvalue weighted by molar-refractivity contribution is 0.546. The summed E-state index contributed by atoms with van der Waals surface area (Å²) < 4.78 is 30.4. The van der Waals surface area contributed by atoms with Gasteiger partial charge in [-0.15, -0.1) is 0 Å². The van der Waals surface area contributed by atoms with Crippen LogP contribution in [0.2, 0.25) is 0 Å². The zero-order valence-corrected chi connectivity index (χ0v) is 12.4. The number of sulfone groups is 1. The Morgan fingerprint density at radius 3 is 2.62 bits per heavy atom. The van der Waals surface area contributed by atoms with Crippen molar-refractivity contribution in [3.63, 3.8) is 0 Å². The van der Waals surface area contributed by atoms with Crippen LogP contribution in [0, 0.1) is 0 Å². The Hall–Kier alpha value is -1.81. The summed E-state index contributed by atoms with van der Waals surface area (Å²) in [6.07, 6.45) is 2.47. The summed E-state index contributed by atoms with van der Waals surface area (Å²) in [5.74, 6) is 0.301. The van der Waals surface area contributed by atoms with E-state index in [2.05, 4.69) is 0 Å². The molecule has 21 heavy (non-hydrogen) atoms. The Bertz CT molecular complexity index is 922. The van der Waals surface area contributed by atoms with Gasteiger partial charge in [-0.1, -0.05) is 36.8 Å². The Balaban J connectivity index is 1.89. The molecular weight excluding hydrogens is 284 g/mol. The van der Waals surface area contributed by atoms with Crippen LogP contribution in [0.5, 0.6) is 0 Å². The molecule has 4 rings (SSSR count). The average molecular weight is 300 g/mol. The highest BCUT2D eigenvalue weighted by Crippen LogP contribution is 2.36. The van der Waals surface area contributed by atoms with E-state index < -0.39 is 9.84 Å². The first-order chi connectivity index (χ1) is 10.1. The molecule has 1 fully saturated rings. The Morgan fingerprint density at radius 2 is 1.76 bits per heavy atom. The fourth-order valence-corrected chi connectivity index (χ4v) is 5.25. The summed E-state index contributed by atoms with van der Waals surface area (Å²) in [4.78, 5) is 0. The molecule has 1 aliphatic rings. The van der Waals surface area contributed by atoms with Gasteiger partial charge in [-0.2, -0.15) is 0 Å². The average Bonchev–Trinajstić information content (AvgIpc) is 2.84. The molecule has 2 heterocycles. The molecular formula is C17H16O3S. The summed E-state index contributed by atoms with van der Waals surface area (Å²) in [7, 11) is -3.02. The van der Waals surface area contributed by atoms with Crippen LogP contribution in [0.15, 0.2) is 46.9 Å². The van der Waals surface area contributed by atoms with Gasteiger partial charge in [-0.3, -0.25) is 0 Å². The van der Waals surface area contributed by atoms with Crippen molar-refractivity contribution in [1.82, 2.24) is 0 Å². The maximum atomic E-state index is 12.3. The SMILES string of the molecule is O=S1(=O)CCCCC1c1ccc2c(c1)oc1ccccc12. The van der Waals surface area contributed by atoms with E-state index in [9.17, 15) is 8.42 Å². The van der Waals surface area contributed by atoms with Gasteiger partial charge < -0.3 is 4.42 Å². The maximum absolute atomic E-state index is 12.3. The van der Waals surface area contributed by atoms with Crippen LogP contribution >= 0.6 is 0 Å². The van der Waals surface area contributed by atoms with E-state index in [1.807, 2.05) is 42.5 Å². The van der Waals surface area contributed by atoms with Crippen molar-refractivity contribution in [2.24, 2.45) is 0 Å². The summed E-state index contributed by atoms with van der Waals surface area (Å²) in [5, 5.41) is 1.75. The van der Waals surface area contributed by atoms with Gasteiger partial charge >= 0.3 is 0 Å². The smallest absolute Gasteiger partial charge is 0.157 e. The molecule has 0 amide bonds. The quantitative estimate of drug-likeness (QED) is 0.676. The third-order valence-corrected chi connectivity index (χ3v) is 6.59. The van der Waals surface area contributed by atoms with Gasteiger partial charge in [-0.25, -0.2) is 8.42 Å². The Labute approximate surface area is 123 Å². The van der Waals surface area contributed by atoms with Crippen LogP contribution in [-0.2, 0) is 9.84 Å². The second kappa shape index (κ2) is 4.60. The van der Waals surface area contributed by atoms with Crippen LogP contribution in [-0.4, -0.2) is 14.2 Å². The van der Waals surface area contributed by atoms with E-state index in [0.717, 1.165) is 40.3 Å². The van der Waals surface area contributed by atoms with Gasteiger partial charge in [0.1, 0.15) is 11.2 Å². The number of hydrogen-bond donors (Lipinski definition) is 0. The second-order valence-corrected chi connectivity index (χ2v) is 8.01. The third-order valence-electron chi connectivity index (χ3n) is 4.35. The molecule has 108 valence electrons. The van der Waals surface area contributed by atoms with Crippen LogP contribution < -0.4 is 0 Å². The molecule has 0 saturated carbocycles. The van der Waals surface area contributed by atoms with Crippen molar-refractivity contribution in [3.8, 4) is 0 Å². The third kappa shape index (κ3) is 2.05. The number of fused-ring (bicyclic) bond motifs is 3. The van der Waals surface area contributed by atoms with Gasteiger partial charge in [0.25, 0.3) is 0 Å². The van der Waals surface area contributed by atoms with Crippen molar-refractivity contribution in [1.29, 1.82) is 0 Å². The molecule has 0 spiro atoms. The number of rotatable bonds is 1. The molecule has 1 unspecified atom stereocenters. The van der Waals surface area contributed by atoms with Crippen molar-refractivity contribution < 1.29 is 12.8 Å². The highest BCUT2D eigenvalue weighted by Gasteiger charge is 2.30. The van der Waals surface area contributed by atoms with Gasteiger partial charge in [-0.05, 0) is 30.5 Å². The first-order valence-electron chi connectivity index (χ1n) is 7.28. The highest BCUT2D eigenvalue weighted by atomic mass is 32.2. The standard InChI is InChI=1S/C17H16O3S/c18-21(19)10-4-3-7-17(21)12-8-9-14-13-5-1-2-6-15(13)20-16(14)11-12/h1-2,5-6,8-9,11,17H,3-4,7,10H2. The van der Waals surface area contributed by atoms with Gasteiger partial charge in [0.2, 0.25) is 0 Å². The molecule has 1 atom stereocenters. The molecule has 0 bridgehead atoms. The lowest BCUT2D eigenvalue weighted by atomic mass is 10.0. The van der Waals surface area contributed by atoms with Crippen molar-refractivity contribution in [2.75, 3.05) is 5.75 Å². The normalized spacial score (nSPS) is 21.8. The fourth-order valence-electron chi connectivity index (χ4n) is 3.27. The van der Waals surface area contributed by atoms with Crippen molar-refractivity contribution in [2.45, 2.75) is 24.5 Å². The van der Waals surface area contributed by atoms with E-state index >= 15 is 0 Å². The summed E-state index contributed by atoms with van der Waals surface area (Å²) >= 11 is 0. The van der Waals surface area contributed by atoms with Gasteiger partial charge in [0.15, 0.2) is 9.84 Å². The van der Waals surface area contributed by atoms with Gasteiger partial charge in [0, 0.05) is 10.8 Å². The zero-order valence-electron chi connectivity index (χ0n) is 11.6. The first kappa shape index (κ1) is 12.9. The molecule has 1 aliphatic heterocycles. The Kier molecular flexibility index (Phi) is 2.82. The highest BCUT2D eigenvalue weighted by molar-refractivity contribution is 7.91. The minimum absolute atomic E-state index is 0.301. The van der Waals surface area contributed by atoms with Crippen LogP contribution in [0.1, 0.15) is 30.1 Å². The monoisotopic (exact) mass is 300 g/mol. The maximum Gasteiger partial charge on any atom is 0.157 e. The topological polar surface area (TPSA) is 47.3 Å². The minimum Gasteiger partial charge on any atom is -0.456 e. The van der Waals surface area contributed by atoms with E-state index in [-0.39, 0.29) is 5.25 Å². The molecule has 0 aliphatic carbocycles. The number of benzene rings is 2. The lowest BCUT2D eigenvalue weighted by Crippen LogP contribution is -2.21. The van der Waals surface area contributed by atoms with Crippen LogP contribution in [0.25, 0.3) is 21.9 Å². The van der Waals surface area contributed by atoms with Gasteiger partial charge in [0.05, 0.1) is 11.0 Å². The lowest BCUT2D eigenvalue weighted by Gasteiger charge is -2.22. The second-order valence-electron chi connectivity index (χ2n) is 5.71. The number of furan rings is 1. The minimum atomic E-state index is -3.02. The molecule has 1 saturated heterocycles. The predicted molar refractivity (Wildman–Crippen MR) is 84.1 cm³/mol. The molecule has 3 nitrogen and oxygen atoms in total. The number of para-hydroxylation sites is 1. The summed E-state index contributed by atoms with van der Waals surface area (Å²) in [6, 6.07) is 13.7. The Morgan fingerprint density at radius 1 is 0.952 bits per heavy atom. The summed E-state index contributed by atoms with van der Waals surface area (Å²) in [5.41, 5.74) is 2.48. The molecule has 0 radical (unpaired) electrons. The molecule has 4 heteroatoms. The molecule has 0 N–H and O–H groups in total. The van der Waals surface area contributed by atoms with E-state index in [1.165, 1.54) is 0 Å². The van der Waals surface area contributed by atoms with E-state index in [0.29, 0.717) is 12.2 Å². The van der Waals surface area contributed by atoms with Crippen LogP contribution in [0.3, 0.4) is 0 Å². The fraction of sp³-hybridized carbons (Fsp3) is 0.294. The predicted octanol–water partition coefficient (Wildman–Crippen LogP) is 4.23. The largest absolute Gasteiger partial charge is 0.456 e. The van der Waals surface area contributed by atoms with E-state index in [4.69, 9.17) is 4.42 Å². The molecule has 1 aromatic heterocycles. The van der Waals surface area contributed by atoms with E-state index in [1.54, 1.807) is 0 Å². The van der Waals surface area contributed by atoms with Crippen molar-refractivity contribution >= 4 is 31.8 Å². The number of hydrogen-bond acceptors (Lipinski definition) is 3. The molecule has 3 aromatic rings. The summed E-state index contributed by atoms with van der Waals surface area (Å²) in [6.45, 7) is 0. The van der Waals surface area contributed by atoms with Crippen LogP contribution in [0.4, 0.5) is 0 Å². The zero-order chi connectivity index (χ0) is 14.4. The first-order valence-corrected chi connectivity index (χ1v) is 8.99. The molecule has 2 aromatic carbocycles. The van der Waals surface area contributed by atoms with Crippen molar-refractivity contribution in [3.05, 3.63) is 48.0 Å².